The lowest BCUT2D eigenvalue weighted by Gasteiger charge is -2.26. The fourth-order valence-corrected chi connectivity index (χ4v) is 3.74. The largest absolute Gasteiger partial charge is 0.450 e. The first-order valence-corrected chi connectivity index (χ1v) is 6.50. The molecule has 0 N–H and O–H groups in total. The monoisotopic (exact) mass is 323 g/mol. The molecule has 84 valence electrons. The van der Waals surface area contributed by atoms with Crippen molar-refractivity contribution in [1.82, 2.24) is 4.90 Å². The summed E-state index contributed by atoms with van der Waals surface area (Å²) in [5.41, 5.74) is 0. The smallest absolute Gasteiger partial charge is 0.410 e. The zero-order valence-corrected chi connectivity index (χ0v) is 10.8. The minimum Gasteiger partial charge on any atom is -0.450 e. The van der Waals surface area contributed by atoms with Gasteiger partial charge >= 0.3 is 6.09 Å². The van der Waals surface area contributed by atoms with Crippen LogP contribution in [0.2, 0.25) is 0 Å². The molecule has 0 spiro atoms. The number of amides is 1. The van der Waals surface area contributed by atoms with Gasteiger partial charge in [-0.25, -0.2) is 4.79 Å². The maximum Gasteiger partial charge on any atom is 0.410 e. The van der Waals surface area contributed by atoms with E-state index in [0.717, 1.165) is 6.42 Å². The predicted octanol–water partition coefficient (Wildman–Crippen LogP) is 1.61. The summed E-state index contributed by atoms with van der Waals surface area (Å²) in [6, 6.07) is -0.233. The number of likely N-dealkylation sites (tertiary alicyclic amines) is 1. The van der Waals surface area contributed by atoms with Crippen molar-refractivity contribution in [3.63, 3.8) is 0 Å². The molecule has 1 saturated heterocycles. The molecule has 1 aliphatic carbocycles. The van der Waals surface area contributed by atoms with Gasteiger partial charge in [0.15, 0.2) is 5.78 Å². The van der Waals surface area contributed by atoms with Gasteiger partial charge in [-0.05, 0) is 19.3 Å². The van der Waals surface area contributed by atoms with Crippen molar-refractivity contribution in [2.75, 3.05) is 13.2 Å². The molecule has 2 rings (SSSR count). The molecule has 0 radical (unpaired) electrons. The van der Waals surface area contributed by atoms with Crippen LogP contribution < -0.4 is 0 Å². The van der Waals surface area contributed by atoms with Crippen LogP contribution in [0.15, 0.2) is 0 Å². The number of hydrogen-bond acceptors (Lipinski definition) is 3. The van der Waals surface area contributed by atoms with Gasteiger partial charge in [-0.15, -0.1) is 0 Å². The van der Waals surface area contributed by atoms with E-state index in [1.165, 1.54) is 0 Å². The van der Waals surface area contributed by atoms with E-state index in [4.69, 9.17) is 4.74 Å². The topological polar surface area (TPSA) is 46.6 Å². The quantitative estimate of drug-likeness (QED) is 0.544. The van der Waals surface area contributed by atoms with Crippen LogP contribution in [0.1, 0.15) is 19.8 Å². The summed E-state index contributed by atoms with van der Waals surface area (Å²) in [5.74, 6) is 0.661. The van der Waals surface area contributed by atoms with E-state index >= 15 is 0 Å². The fraction of sp³-hybridized carbons (Fsp3) is 0.800. The molecule has 1 aliphatic heterocycles. The normalized spacial score (nSPS) is 34.4. The van der Waals surface area contributed by atoms with Crippen LogP contribution in [-0.4, -0.2) is 39.9 Å². The zero-order valence-electron chi connectivity index (χ0n) is 8.61. The molecule has 2 bridgehead atoms. The Morgan fingerprint density at radius 3 is 3.07 bits per heavy atom. The number of Topliss-reactive ketones (excluding diaryl/α,β-unsaturated/α-hetero) is 1. The minimum atomic E-state index is -0.332. The lowest BCUT2D eigenvalue weighted by Crippen LogP contribution is -2.44. The Kier molecular flexibility index (Phi) is 3.18. The highest BCUT2D eigenvalue weighted by molar-refractivity contribution is 14.1. The van der Waals surface area contributed by atoms with Crippen LogP contribution in [0.4, 0.5) is 4.79 Å². The van der Waals surface area contributed by atoms with Crippen molar-refractivity contribution in [2.45, 2.75) is 29.7 Å². The van der Waals surface area contributed by atoms with Gasteiger partial charge in [0.05, 0.1) is 6.61 Å². The highest BCUT2D eigenvalue weighted by Crippen LogP contribution is 2.38. The summed E-state index contributed by atoms with van der Waals surface area (Å²) in [6.45, 7) is 2.83. The molecule has 2 aliphatic rings. The van der Waals surface area contributed by atoms with Crippen LogP contribution in [0.5, 0.6) is 0 Å². The van der Waals surface area contributed by atoms with Gasteiger partial charge in [-0.1, -0.05) is 22.6 Å². The summed E-state index contributed by atoms with van der Waals surface area (Å²) >= 11 is 2.29. The van der Waals surface area contributed by atoms with E-state index in [2.05, 4.69) is 22.6 Å². The summed E-state index contributed by atoms with van der Waals surface area (Å²) in [6.07, 6.45) is 1.20. The summed E-state index contributed by atoms with van der Waals surface area (Å²) in [7, 11) is 0. The first-order chi connectivity index (χ1) is 7.15. The van der Waals surface area contributed by atoms with E-state index in [1.54, 1.807) is 11.8 Å². The molecule has 3 atom stereocenters. The number of ketones is 1. The molecule has 0 aromatic carbocycles. The van der Waals surface area contributed by atoms with Gasteiger partial charge in [0.25, 0.3) is 0 Å². The third kappa shape index (κ3) is 1.86. The lowest BCUT2D eigenvalue weighted by molar-refractivity contribution is -0.123. The molecule has 0 aromatic rings. The average molecular weight is 323 g/mol. The number of fused-ring (bicyclic) bond motifs is 2. The number of carbonyl (C=O) groups is 2. The number of halogens is 1. The molecule has 15 heavy (non-hydrogen) atoms. The highest BCUT2D eigenvalue weighted by atomic mass is 127. The molecular weight excluding hydrogens is 309 g/mol. The second kappa shape index (κ2) is 4.27. The van der Waals surface area contributed by atoms with Crippen LogP contribution in [0, 0.1) is 5.92 Å². The number of alkyl halides is 1. The first-order valence-electron chi connectivity index (χ1n) is 5.25. The standard InChI is InChI=1S/C10H14INO3/c1-2-15-10(14)12-5-6-3-4-7(13)9(12)8(6)11/h6,8-9H,2-5H2,1H3/t6?,8-,9?/m0/s1. The van der Waals surface area contributed by atoms with Crippen molar-refractivity contribution in [3.8, 4) is 0 Å². The highest BCUT2D eigenvalue weighted by Gasteiger charge is 2.49. The third-order valence-corrected chi connectivity index (χ3v) is 4.81. The second-order valence-electron chi connectivity index (χ2n) is 4.01. The van der Waals surface area contributed by atoms with Gasteiger partial charge in [0.2, 0.25) is 0 Å². The zero-order chi connectivity index (χ0) is 11.0. The maximum absolute atomic E-state index is 11.7. The van der Waals surface area contributed by atoms with Gasteiger partial charge < -0.3 is 4.74 Å². The number of carbonyl (C=O) groups excluding carboxylic acids is 2. The minimum absolute atomic E-state index is 0.191. The van der Waals surface area contributed by atoms with E-state index < -0.39 is 0 Å². The number of rotatable bonds is 1. The average Bonchev–Trinajstić information content (AvgIpc) is 2.40. The number of ether oxygens (including phenoxy) is 1. The Bertz CT molecular complexity index is 294. The molecular formula is C10H14INO3. The summed E-state index contributed by atoms with van der Waals surface area (Å²) < 4.78 is 5.23. The SMILES string of the molecule is CCOC(=O)N1CC2CCC(=O)C1[C@H]2I. The van der Waals surface area contributed by atoms with Crippen molar-refractivity contribution < 1.29 is 14.3 Å². The molecule has 0 aromatic heterocycles. The van der Waals surface area contributed by atoms with Gasteiger partial charge in [-0.2, -0.15) is 0 Å². The van der Waals surface area contributed by atoms with Gasteiger partial charge in [0.1, 0.15) is 6.04 Å². The Morgan fingerprint density at radius 1 is 1.67 bits per heavy atom. The molecule has 1 amide bonds. The predicted molar refractivity (Wildman–Crippen MR) is 63.1 cm³/mol. The van der Waals surface area contributed by atoms with Crippen LogP contribution in [0.25, 0.3) is 0 Å². The van der Waals surface area contributed by atoms with E-state index in [0.29, 0.717) is 25.5 Å². The third-order valence-electron chi connectivity index (χ3n) is 3.11. The Balaban J connectivity index is 2.14. The summed E-state index contributed by atoms with van der Waals surface area (Å²) in [5, 5.41) is 0. The number of nitrogens with zero attached hydrogens (tertiary/aromatic N) is 1. The lowest BCUT2D eigenvalue weighted by atomic mass is 9.89. The first kappa shape index (κ1) is 11.2. The molecule has 4 nitrogen and oxygen atoms in total. The van der Waals surface area contributed by atoms with Crippen molar-refractivity contribution >= 4 is 34.5 Å². The Morgan fingerprint density at radius 2 is 2.40 bits per heavy atom. The van der Waals surface area contributed by atoms with Gasteiger partial charge in [0, 0.05) is 16.9 Å². The van der Waals surface area contributed by atoms with Crippen LogP contribution >= 0.6 is 22.6 Å². The van der Waals surface area contributed by atoms with E-state index in [9.17, 15) is 9.59 Å². The summed E-state index contributed by atoms with van der Waals surface area (Å²) in [4.78, 5) is 25.0. The second-order valence-corrected chi connectivity index (χ2v) is 5.44. The van der Waals surface area contributed by atoms with E-state index in [1.807, 2.05) is 0 Å². The number of hydrogen-bond donors (Lipinski definition) is 0. The Hall–Kier alpha value is -0.330. The molecule has 1 saturated carbocycles. The van der Waals surface area contributed by atoms with Crippen molar-refractivity contribution in [3.05, 3.63) is 0 Å². The van der Waals surface area contributed by atoms with E-state index in [-0.39, 0.29) is 21.8 Å². The molecule has 1 heterocycles. The molecule has 5 heteroatoms. The van der Waals surface area contributed by atoms with Crippen molar-refractivity contribution in [1.29, 1.82) is 0 Å². The van der Waals surface area contributed by atoms with Gasteiger partial charge in [-0.3, -0.25) is 9.69 Å². The molecule has 2 unspecified atom stereocenters. The Labute approximate surface area is 102 Å². The molecule has 2 fully saturated rings. The van der Waals surface area contributed by atoms with Crippen LogP contribution in [-0.2, 0) is 9.53 Å². The fourth-order valence-electron chi connectivity index (χ4n) is 2.37. The van der Waals surface area contributed by atoms with Crippen LogP contribution in [0.3, 0.4) is 0 Å². The maximum atomic E-state index is 11.7. The van der Waals surface area contributed by atoms with Crippen molar-refractivity contribution in [2.24, 2.45) is 5.92 Å².